The van der Waals surface area contributed by atoms with Gasteiger partial charge >= 0.3 is 0 Å². The van der Waals surface area contributed by atoms with Crippen LogP contribution in [0.2, 0.25) is 0 Å². The molecule has 2 aromatic rings. The van der Waals surface area contributed by atoms with E-state index in [2.05, 4.69) is 5.32 Å². The average molecular weight is 444 g/mol. The van der Waals surface area contributed by atoms with Crippen LogP contribution < -0.4 is 10.1 Å². The molecule has 1 saturated heterocycles. The summed E-state index contributed by atoms with van der Waals surface area (Å²) in [7, 11) is 0. The van der Waals surface area contributed by atoms with Gasteiger partial charge in [-0.05, 0) is 42.2 Å². The van der Waals surface area contributed by atoms with Gasteiger partial charge in [-0.2, -0.15) is 4.39 Å². The Balaban J connectivity index is 1.19. The first-order valence-electron chi connectivity index (χ1n) is 11.0. The highest BCUT2D eigenvalue weighted by molar-refractivity contribution is 5.93. The Morgan fingerprint density at radius 3 is 2.91 bits per heavy atom. The van der Waals surface area contributed by atoms with Crippen LogP contribution in [0, 0.1) is 17.6 Å². The zero-order chi connectivity index (χ0) is 22.5. The number of hydrogen-bond donors (Lipinski definition) is 3. The summed E-state index contributed by atoms with van der Waals surface area (Å²) in [6, 6.07) is 9.41. The Bertz CT molecular complexity index is 1050. The number of ether oxygens (including phenoxy) is 1. The van der Waals surface area contributed by atoms with Crippen LogP contribution >= 0.6 is 0 Å². The van der Waals surface area contributed by atoms with Crippen LogP contribution in [0.1, 0.15) is 36.5 Å². The predicted molar refractivity (Wildman–Crippen MR) is 113 cm³/mol. The van der Waals surface area contributed by atoms with Crippen molar-refractivity contribution in [2.45, 2.75) is 43.5 Å². The Kier molecular flexibility index (Phi) is 5.39. The SMILES string of the molecule is O=C1CCc2cc([C@@H](O)CN3C[C@H]4C[C@H](Oc5cccc(F)c5F)C[C@@]4(O)C3)ccc2N1. The van der Waals surface area contributed by atoms with Gasteiger partial charge in [0, 0.05) is 44.1 Å². The number of benzene rings is 2. The monoisotopic (exact) mass is 444 g/mol. The van der Waals surface area contributed by atoms with Crippen LogP contribution in [0.5, 0.6) is 5.75 Å². The van der Waals surface area contributed by atoms with Gasteiger partial charge in [-0.25, -0.2) is 4.39 Å². The van der Waals surface area contributed by atoms with Gasteiger partial charge in [-0.1, -0.05) is 18.2 Å². The third kappa shape index (κ3) is 3.98. The standard InChI is InChI=1S/C24H26F2N2O4/c25-18-2-1-3-21(23(18)26)32-17-9-16-11-28(13-24(16,31)10-17)12-20(29)15-4-6-19-14(8-15)5-7-22(30)27-19/h1-4,6,8,16-17,20,29,31H,5,7,9-13H2,(H,27,30)/t16-,17+,20+,24-/m1/s1. The van der Waals surface area contributed by atoms with Crippen LogP contribution in [-0.4, -0.2) is 52.4 Å². The molecule has 1 amide bonds. The van der Waals surface area contributed by atoms with Crippen LogP contribution in [-0.2, 0) is 11.2 Å². The van der Waals surface area contributed by atoms with Gasteiger partial charge in [0.05, 0.1) is 11.7 Å². The molecule has 2 fully saturated rings. The number of rotatable bonds is 5. The normalized spacial score (nSPS) is 28.2. The van der Waals surface area contributed by atoms with Crippen molar-refractivity contribution in [1.29, 1.82) is 0 Å². The Hall–Kier alpha value is -2.55. The quantitative estimate of drug-likeness (QED) is 0.661. The summed E-state index contributed by atoms with van der Waals surface area (Å²) >= 11 is 0. The molecule has 0 unspecified atom stereocenters. The highest BCUT2D eigenvalue weighted by Crippen LogP contribution is 2.44. The van der Waals surface area contributed by atoms with Gasteiger partial charge in [0.1, 0.15) is 6.10 Å². The molecule has 0 spiro atoms. The lowest BCUT2D eigenvalue weighted by molar-refractivity contribution is -0.116. The van der Waals surface area contributed by atoms with E-state index >= 15 is 0 Å². The molecule has 170 valence electrons. The van der Waals surface area contributed by atoms with Crippen molar-refractivity contribution in [3.8, 4) is 5.75 Å². The third-order valence-electron chi connectivity index (χ3n) is 6.91. The van der Waals surface area contributed by atoms with Crippen molar-refractivity contribution in [1.82, 2.24) is 4.90 Å². The summed E-state index contributed by atoms with van der Waals surface area (Å²) in [5.41, 5.74) is 1.62. The van der Waals surface area contributed by atoms with E-state index in [4.69, 9.17) is 4.74 Å². The van der Waals surface area contributed by atoms with Crippen molar-refractivity contribution in [2.75, 3.05) is 25.0 Å². The molecule has 0 bridgehead atoms. The summed E-state index contributed by atoms with van der Waals surface area (Å²) in [5.74, 6) is -2.15. The number of carbonyl (C=O) groups excluding carboxylic acids is 1. The number of aryl methyl sites for hydroxylation is 1. The number of hydrogen-bond acceptors (Lipinski definition) is 5. The highest BCUT2D eigenvalue weighted by atomic mass is 19.2. The van der Waals surface area contributed by atoms with E-state index in [1.807, 2.05) is 23.1 Å². The number of nitrogens with one attached hydrogen (secondary N) is 1. The molecule has 6 nitrogen and oxygen atoms in total. The molecule has 1 saturated carbocycles. The van der Waals surface area contributed by atoms with E-state index in [0.29, 0.717) is 45.3 Å². The Morgan fingerprint density at radius 2 is 2.09 bits per heavy atom. The number of aliphatic hydroxyl groups is 2. The summed E-state index contributed by atoms with van der Waals surface area (Å²) in [6.45, 7) is 1.37. The van der Waals surface area contributed by atoms with Crippen molar-refractivity contribution < 1.29 is 28.5 Å². The molecule has 8 heteroatoms. The number of anilines is 1. The molecule has 0 aromatic heterocycles. The lowest BCUT2D eigenvalue weighted by Crippen LogP contribution is -2.36. The van der Waals surface area contributed by atoms with E-state index in [9.17, 15) is 23.8 Å². The molecule has 1 aliphatic carbocycles. The second-order valence-electron chi connectivity index (χ2n) is 9.21. The summed E-state index contributed by atoms with van der Waals surface area (Å²) in [4.78, 5) is 13.6. The maximum atomic E-state index is 13.9. The maximum absolute atomic E-state index is 13.9. The maximum Gasteiger partial charge on any atom is 0.224 e. The number of β-amino-alcohol motifs (C(OH)–C–C–N with tert-alkyl or cyclic N) is 2. The lowest BCUT2D eigenvalue weighted by atomic mass is 9.95. The molecule has 2 aromatic carbocycles. The van der Waals surface area contributed by atoms with Crippen LogP contribution in [0.4, 0.5) is 14.5 Å². The van der Waals surface area contributed by atoms with Crippen LogP contribution in [0.15, 0.2) is 36.4 Å². The van der Waals surface area contributed by atoms with E-state index in [1.54, 1.807) is 0 Å². The number of fused-ring (bicyclic) bond motifs is 2. The molecule has 32 heavy (non-hydrogen) atoms. The fourth-order valence-electron chi connectivity index (χ4n) is 5.33. The first-order valence-corrected chi connectivity index (χ1v) is 11.0. The van der Waals surface area contributed by atoms with Gasteiger partial charge < -0.3 is 20.3 Å². The Morgan fingerprint density at radius 1 is 1.25 bits per heavy atom. The molecule has 5 rings (SSSR count). The van der Waals surface area contributed by atoms with Crippen LogP contribution in [0.25, 0.3) is 0 Å². The van der Waals surface area contributed by atoms with E-state index in [-0.39, 0.29) is 23.7 Å². The van der Waals surface area contributed by atoms with Gasteiger partial charge in [-0.15, -0.1) is 0 Å². The fourth-order valence-corrected chi connectivity index (χ4v) is 5.33. The number of likely N-dealkylation sites (tertiary alicyclic amines) is 1. The van der Waals surface area contributed by atoms with Crippen molar-refractivity contribution in [3.63, 3.8) is 0 Å². The second-order valence-corrected chi connectivity index (χ2v) is 9.21. The predicted octanol–water partition coefficient (Wildman–Crippen LogP) is 2.79. The topological polar surface area (TPSA) is 82.0 Å². The number of carbonyl (C=O) groups is 1. The fraction of sp³-hybridized carbons (Fsp3) is 0.458. The van der Waals surface area contributed by atoms with Crippen LogP contribution in [0.3, 0.4) is 0 Å². The van der Waals surface area contributed by atoms with Crippen molar-refractivity contribution in [2.24, 2.45) is 5.92 Å². The zero-order valence-electron chi connectivity index (χ0n) is 17.6. The Labute approximate surface area is 184 Å². The van der Waals surface area contributed by atoms with Crippen molar-refractivity contribution >= 4 is 11.6 Å². The van der Waals surface area contributed by atoms with E-state index < -0.39 is 23.3 Å². The molecule has 3 N–H and O–H groups in total. The molecule has 0 radical (unpaired) electrons. The highest BCUT2D eigenvalue weighted by Gasteiger charge is 2.53. The minimum atomic E-state index is -1.01. The first-order chi connectivity index (χ1) is 15.3. The van der Waals surface area contributed by atoms with E-state index in [1.165, 1.54) is 12.1 Å². The lowest BCUT2D eigenvalue weighted by Gasteiger charge is -2.25. The van der Waals surface area contributed by atoms with E-state index in [0.717, 1.165) is 22.9 Å². The van der Waals surface area contributed by atoms with Gasteiger partial charge in [0.15, 0.2) is 11.6 Å². The van der Waals surface area contributed by atoms with Gasteiger partial charge in [0.2, 0.25) is 11.7 Å². The number of nitrogens with zero attached hydrogens (tertiary/aromatic N) is 1. The second kappa shape index (κ2) is 8.10. The van der Waals surface area contributed by atoms with Gasteiger partial charge in [0.25, 0.3) is 0 Å². The molecule has 3 aliphatic rings. The average Bonchev–Trinajstić information content (AvgIpc) is 3.21. The minimum Gasteiger partial charge on any atom is -0.487 e. The third-order valence-corrected chi connectivity index (χ3v) is 6.91. The molecule has 2 heterocycles. The molecular weight excluding hydrogens is 418 g/mol. The number of amides is 1. The summed E-state index contributed by atoms with van der Waals surface area (Å²) in [5, 5.41) is 24.7. The molecular formula is C24H26F2N2O4. The first kappa shape index (κ1) is 21.3. The van der Waals surface area contributed by atoms with Gasteiger partial charge in [-0.3, -0.25) is 9.69 Å². The van der Waals surface area contributed by atoms with Crippen molar-refractivity contribution in [3.05, 3.63) is 59.2 Å². The summed E-state index contributed by atoms with van der Waals surface area (Å²) < 4.78 is 33.0. The summed E-state index contributed by atoms with van der Waals surface area (Å²) in [6.07, 6.45) is 0.866. The number of aliphatic hydroxyl groups excluding tert-OH is 1. The minimum absolute atomic E-state index is 0.00469. The smallest absolute Gasteiger partial charge is 0.224 e. The number of halogens is 2. The zero-order valence-corrected chi connectivity index (χ0v) is 17.6. The molecule has 4 atom stereocenters. The molecule has 2 aliphatic heterocycles. The largest absolute Gasteiger partial charge is 0.487 e.